The summed E-state index contributed by atoms with van der Waals surface area (Å²) in [4.78, 5) is 15.6. The fraction of sp³-hybridized carbons (Fsp3) is 0.611. The molecule has 1 unspecified atom stereocenters. The van der Waals surface area contributed by atoms with Gasteiger partial charge in [-0.15, -0.1) is 0 Å². The number of benzene rings is 1. The Morgan fingerprint density at radius 3 is 2.68 bits per heavy atom. The number of fused-ring (bicyclic) bond motifs is 1. The molecule has 1 saturated heterocycles. The lowest BCUT2D eigenvalue weighted by Crippen LogP contribution is -2.45. The van der Waals surface area contributed by atoms with Crippen LogP contribution < -0.4 is 4.74 Å². The fourth-order valence-electron chi connectivity index (χ4n) is 3.86. The normalized spacial score (nSPS) is 25.9. The topological polar surface area (TPSA) is 29.5 Å². The molecular weight excluding hydrogens is 298 g/mol. The summed E-state index contributed by atoms with van der Waals surface area (Å²) in [6.07, 6.45) is 5.53. The first kappa shape index (κ1) is 15.8. The van der Waals surface area contributed by atoms with Crippen LogP contribution in [0.3, 0.4) is 0 Å². The third-order valence-corrected chi connectivity index (χ3v) is 5.48. The minimum atomic E-state index is -0.333. The van der Waals surface area contributed by atoms with Crippen LogP contribution in [0.4, 0.5) is 0 Å². The third kappa shape index (κ3) is 2.77. The van der Waals surface area contributed by atoms with E-state index in [0.717, 1.165) is 43.8 Å². The molecule has 3 rings (SSSR count). The highest BCUT2D eigenvalue weighted by Crippen LogP contribution is 2.42. The monoisotopic (exact) mass is 321 g/mol. The maximum Gasteiger partial charge on any atom is 0.171 e. The lowest BCUT2D eigenvalue weighted by molar-refractivity contribution is 0.0666. The first-order valence-corrected chi connectivity index (χ1v) is 8.55. The van der Waals surface area contributed by atoms with Gasteiger partial charge in [0, 0.05) is 23.1 Å². The van der Waals surface area contributed by atoms with Gasteiger partial charge in [0.1, 0.15) is 5.75 Å². The second-order valence-corrected chi connectivity index (χ2v) is 7.24. The largest absolute Gasteiger partial charge is 0.496 e. The third-order valence-electron chi connectivity index (χ3n) is 5.16. The van der Waals surface area contributed by atoms with Crippen LogP contribution in [-0.4, -0.2) is 37.4 Å². The number of likely N-dealkylation sites (tertiary alicyclic amines) is 1. The standard InChI is InChI=1S/C18H24ClNO2/c1-18(12-20-10-4-3-5-11-20)9-8-13-15(22-2)7-6-14(19)16(13)17(18)21/h6-7H,3-5,8-12H2,1-2H3. The van der Waals surface area contributed by atoms with Crippen LogP contribution >= 0.6 is 11.6 Å². The summed E-state index contributed by atoms with van der Waals surface area (Å²) >= 11 is 6.35. The SMILES string of the molecule is COc1ccc(Cl)c2c1CCC(C)(CN1CCCCC1)C2=O. The number of halogens is 1. The molecule has 1 aromatic carbocycles. The molecule has 1 heterocycles. The van der Waals surface area contributed by atoms with Gasteiger partial charge < -0.3 is 9.64 Å². The molecule has 0 bridgehead atoms. The molecule has 0 N–H and O–H groups in total. The number of hydrogen-bond donors (Lipinski definition) is 0. The van der Waals surface area contributed by atoms with Gasteiger partial charge in [-0.25, -0.2) is 0 Å². The van der Waals surface area contributed by atoms with Gasteiger partial charge >= 0.3 is 0 Å². The Morgan fingerprint density at radius 1 is 1.27 bits per heavy atom. The smallest absolute Gasteiger partial charge is 0.171 e. The Labute approximate surface area is 137 Å². The van der Waals surface area contributed by atoms with Gasteiger partial charge in [0.25, 0.3) is 0 Å². The number of hydrogen-bond acceptors (Lipinski definition) is 3. The fourth-order valence-corrected chi connectivity index (χ4v) is 4.13. The molecule has 0 saturated carbocycles. The van der Waals surface area contributed by atoms with Gasteiger partial charge in [-0.2, -0.15) is 0 Å². The highest BCUT2D eigenvalue weighted by molar-refractivity contribution is 6.34. The van der Waals surface area contributed by atoms with E-state index < -0.39 is 0 Å². The van der Waals surface area contributed by atoms with Crippen molar-refractivity contribution < 1.29 is 9.53 Å². The maximum absolute atomic E-state index is 13.1. The number of Topliss-reactive ketones (excluding diaryl/α,β-unsaturated/α-hetero) is 1. The van der Waals surface area contributed by atoms with Gasteiger partial charge in [0.2, 0.25) is 0 Å². The van der Waals surface area contributed by atoms with E-state index >= 15 is 0 Å². The number of piperidine rings is 1. The van der Waals surface area contributed by atoms with Crippen molar-refractivity contribution in [3.8, 4) is 5.75 Å². The molecule has 1 aromatic rings. The summed E-state index contributed by atoms with van der Waals surface area (Å²) in [5, 5.41) is 0.561. The minimum Gasteiger partial charge on any atom is -0.496 e. The Hall–Kier alpha value is -1.06. The lowest BCUT2D eigenvalue weighted by atomic mass is 9.71. The van der Waals surface area contributed by atoms with Crippen molar-refractivity contribution >= 4 is 17.4 Å². The van der Waals surface area contributed by atoms with E-state index in [2.05, 4.69) is 11.8 Å². The van der Waals surface area contributed by atoms with Gasteiger partial charge in [-0.3, -0.25) is 4.79 Å². The van der Waals surface area contributed by atoms with Crippen LogP contribution in [0.5, 0.6) is 5.75 Å². The van der Waals surface area contributed by atoms with Crippen LogP contribution in [0.1, 0.15) is 48.5 Å². The summed E-state index contributed by atoms with van der Waals surface area (Å²) < 4.78 is 5.41. The Bertz CT molecular complexity index is 581. The molecule has 1 atom stereocenters. The molecule has 3 nitrogen and oxygen atoms in total. The average Bonchev–Trinajstić information content (AvgIpc) is 2.52. The van der Waals surface area contributed by atoms with Crippen LogP contribution in [0.15, 0.2) is 12.1 Å². The summed E-state index contributed by atoms with van der Waals surface area (Å²) in [6, 6.07) is 3.64. The Balaban J connectivity index is 1.89. The van der Waals surface area contributed by atoms with Gasteiger partial charge in [0.05, 0.1) is 12.1 Å². The van der Waals surface area contributed by atoms with Gasteiger partial charge in [-0.1, -0.05) is 24.9 Å². The summed E-state index contributed by atoms with van der Waals surface area (Å²) in [7, 11) is 1.65. The molecule has 0 spiro atoms. The van der Waals surface area contributed by atoms with Crippen molar-refractivity contribution in [2.45, 2.75) is 39.0 Å². The quantitative estimate of drug-likeness (QED) is 0.843. The number of ketones is 1. The lowest BCUT2D eigenvalue weighted by Gasteiger charge is -2.39. The van der Waals surface area contributed by atoms with Crippen molar-refractivity contribution in [2.24, 2.45) is 5.41 Å². The number of carbonyl (C=O) groups is 1. The zero-order chi connectivity index (χ0) is 15.7. The molecule has 0 radical (unpaired) electrons. The number of rotatable bonds is 3. The van der Waals surface area contributed by atoms with Crippen molar-refractivity contribution in [1.29, 1.82) is 0 Å². The zero-order valence-electron chi connectivity index (χ0n) is 13.5. The van der Waals surface area contributed by atoms with E-state index in [9.17, 15) is 4.79 Å². The second kappa shape index (κ2) is 6.21. The zero-order valence-corrected chi connectivity index (χ0v) is 14.2. The van der Waals surface area contributed by atoms with Crippen LogP contribution in [0, 0.1) is 5.41 Å². The summed E-state index contributed by atoms with van der Waals surface area (Å²) in [5.74, 6) is 0.969. The van der Waals surface area contributed by atoms with E-state index in [-0.39, 0.29) is 11.2 Å². The molecule has 22 heavy (non-hydrogen) atoms. The number of ether oxygens (including phenoxy) is 1. The molecule has 1 aliphatic heterocycles. The van der Waals surface area contributed by atoms with Crippen LogP contribution in [0.25, 0.3) is 0 Å². The number of carbonyl (C=O) groups excluding carboxylic acids is 1. The highest BCUT2D eigenvalue weighted by atomic mass is 35.5. The molecule has 4 heteroatoms. The average molecular weight is 322 g/mol. The Morgan fingerprint density at radius 2 is 2.00 bits per heavy atom. The molecule has 1 fully saturated rings. The van der Waals surface area contributed by atoms with Crippen LogP contribution in [-0.2, 0) is 6.42 Å². The van der Waals surface area contributed by atoms with Crippen molar-refractivity contribution in [3.63, 3.8) is 0 Å². The molecule has 2 aliphatic rings. The summed E-state index contributed by atoms with van der Waals surface area (Å²) in [5.41, 5.74) is 1.34. The van der Waals surface area contributed by atoms with E-state index in [1.165, 1.54) is 19.3 Å². The number of nitrogens with zero attached hydrogens (tertiary/aromatic N) is 1. The van der Waals surface area contributed by atoms with Gasteiger partial charge in [-0.05, 0) is 50.9 Å². The molecule has 0 aromatic heterocycles. The van der Waals surface area contributed by atoms with E-state index in [4.69, 9.17) is 16.3 Å². The maximum atomic E-state index is 13.1. The van der Waals surface area contributed by atoms with E-state index in [0.29, 0.717) is 10.6 Å². The van der Waals surface area contributed by atoms with Gasteiger partial charge in [0.15, 0.2) is 5.78 Å². The van der Waals surface area contributed by atoms with E-state index in [1.807, 2.05) is 6.07 Å². The van der Waals surface area contributed by atoms with Crippen LogP contribution in [0.2, 0.25) is 5.02 Å². The number of methoxy groups -OCH3 is 1. The molecular formula is C18H24ClNO2. The molecule has 120 valence electrons. The summed E-state index contributed by atoms with van der Waals surface area (Å²) in [6.45, 7) is 5.17. The van der Waals surface area contributed by atoms with Crippen molar-refractivity contribution in [2.75, 3.05) is 26.7 Å². The molecule has 1 aliphatic carbocycles. The predicted molar refractivity (Wildman–Crippen MR) is 89.1 cm³/mol. The van der Waals surface area contributed by atoms with Crippen molar-refractivity contribution in [1.82, 2.24) is 4.90 Å². The minimum absolute atomic E-state index is 0.184. The Kier molecular flexibility index (Phi) is 4.47. The van der Waals surface area contributed by atoms with Crippen molar-refractivity contribution in [3.05, 3.63) is 28.3 Å². The predicted octanol–water partition coefficient (Wildman–Crippen LogP) is 3.97. The second-order valence-electron chi connectivity index (χ2n) is 6.83. The first-order chi connectivity index (χ1) is 10.5. The van der Waals surface area contributed by atoms with E-state index in [1.54, 1.807) is 13.2 Å². The molecule has 0 amide bonds. The first-order valence-electron chi connectivity index (χ1n) is 8.18. The highest BCUT2D eigenvalue weighted by Gasteiger charge is 2.41.